The summed E-state index contributed by atoms with van der Waals surface area (Å²) in [6.07, 6.45) is 6.66. The number of benzene rings is 1. The number of hydrogen-bond donors (Lipinski definition) is 2. The fraction of sp³-hybridized carbons (Fsp3) is 0.613. The van der Waals surface area contributed by atoms with Gasteiger partial charge in [-0.2, -0.15) is 0 Å². The zero-order valence-corrected chi connectivity index (χ0v) is 26.6. The van der Waals surface area contributed by atoms with Gasteiger partial charge >= 0.3 is 0 Å². The van der Waals surface area contributed by atoms with E-state index in [1.807, 2.05) is 19.9 Å². The number of nitro groups is 1. The van der Waals surface area contributed by atoms with Gasteiger partial charge in [0.1, 0.15) is 0 Å². The summed E-state index contributed by atoms with van der Waals surface area (Å²) in [6.45, 7) is 12.3. The lowest BCUT2D eigenvalue weighted by Crippen LogP contribution is -2.46. The van der Waals surface area contributed by atoms with E-state index in [0.717, 1.165) is 31.3 Å². The van der Waals surface area contributed by atoms with Gasteiger partial charge < -0.3 is 24.4 Å². The van der Waals surface area contributed by atoms with Crippen LogP contribution in [0.2, 0.25) is 18.6 Å². The van der Waals surface area contributed by atoms with Crippen molar-refractivity contribution in [2.75, 3.05) is 24.6 Å². The van der Waals surface area contributed by atoms with Crippen molar-refractivity contribution >= 4 is 31.5 Å². The molecule has 10 nitrogen and oxygen atoms in total. The maximum atomic E-state index is 14.5. The van der Waals surface area contributed by atoms with Crippen LogP contribution in [0.4, 0.5) is 11.4 Å². The molecule has 2 N–H and O–H groups in total. The first-order valence-corrected chi connectivity index (χ1v) is 17.9. The van der Waals surface area contributed by atoms with Crippen molar-refractivity contribution in [1.82, 2.24) is 4.90 Å². The Balaban J connectivity index is 1.73. The number of nitrogens with zero attached hydrogens (tertiary/aromatic N) is 3. The highest BCUT2D eigenvalue weighted by Gasteiger charge is 2.66. The molecule has 1 aromatic carbocycles. The first-order chi connectivity index (χ1) is 19.7. The number of aliphatic hydroxyl groups is 1. The minimum atomic E-state index is -3.01. The molecule has 1 aromatic rings. The Bertz CT molecular complexity index is 1290. The van der Waals surface area contributed by atoms with Crippen molar-refractivity contribution in [2.45, 2.75) is 96.2 Å². The van der Waals surface area contributed by atoms with E-state index in [-0.39, 0.29) is 43.1 Å². The van der Waals surface area contributed by atoms with Gasteiger partial charge in [-0.1, -0.05) is 30.2 Å². The third kappa shape index (κ3) is 5.97. The number of amides is 2. The number of anilines is 1. The molecule has 0 radical (unpaired) electrons. The lowest BCUT2D eigenvalue weighted by Gasteiger charge is -2.32. The van der Waals surface area contributed by atoms with E-state index in [2.05, 4.69) is 19.9 Å². The normalized spacial score (nSPS) is 27.6. The lowest BCUT2D eigenvalue weighted by atomic mass is 9.82. The number of fused-ring (bicyclic) bond motifs is 2. The Kier molecular flexibility index (Phi) is 9.46. The molecule has 1 spiro atoms. The van der Waals surface area contributed by atoms with Crippen LogP contribution in [0.15, 0.2) is 41.5 Å². The van der Waals surface area contributed by atoms with E-state index in [1.54, 1.807) is 29.0 Å². The fourth-order valence-electron chi connectivity index (χ4n) is 7.14. The van der Waals surface area contributed by atoms with Gasteiger partial charge in [0.05, 0.1) is 35.8 Å². The monoisotopic (exact) mass is 599 g/mol. The predicted molar refractivity (Wildman–Crippen MR) is 163 cm³/mol. The molecule has 2 amide bonds. The van der Waals surface area contributed by atoms with Crippen molar-refractivity contribution in [1.29, 1.82) is 0 Å². The van der Waals surface area contributed by atoms with E-state index in [9.17, 15) is 29.6 Å². The molecule has 3 aliphatic rings. The van der Waals surface area contributed by atoms with Crippen LogP contribution in [-0.2, 0) is 19.9 Å². The molecule has 11 heteroatoms. The maximum absolute atomic E-state index is 14.5. The summed E-state index contributed by atoms with van der Waals surface area (Å²) in [7, 11) is -3.01. The number of ether oxygens (including phenoxy) is 1. The van der Waals surface area contributed by atoms with Gasteiger partial charge in [-0.05, 0) is 65.6 Å². The Morgan fingerprint density at radius 2 is 1.98 bits per heavy atom. The Morgan fingerprint density at radius 3 is 2.60 bits per heavy atom. The summed E-state index contributed by atoms with van der Waals surface area (Å²) in [5, 5.41) is 21.6. The summed E-state index contributed by atoms with van der Waals surface area (Å²) in [5.74, 6) is -1.04. The minimum Gasteiger partial charge on any atom is -0.432 e. The van der Waals surface area contributed by atoms with Crippen LogP contribution in [0.3, 0.4) is 0 Å². The minimum absolute atomic E-state index is 0.0365. The molecule has 230 valence electrons. The number of non-ortho nitro benzene ring substituents is 1. The largest absolute Gasteiger partial charge is 0.432 e. The molecule has 5 atom stereocenters. The van der Waals surface area contributed by atoms with Crippen LogP contribution < -0.4 is 4.90 Å². The van der Waals surface area contributed by atoms with Crippen LogP contribution in [0.1, 0.15) is 65.4 Å². The topological polar surface area (TPSA) is 133 Å². The van der Waals surface area contributed by atoms with E-state index in [4.69, 9.17) is 4.74 Å². The molecule has 0 aromatic heterocycles. The van der Waals surface area contributed by atoms with Crippen molar-refractivity contribution < 1.29 is 29.2 Å². The number of carbonyl (C=O) groups excluding carboxylic acids is 2. The number of allylic oxidation sites excluding steroid dienone is 3. The number of rotatable bonds is 10. The number of nitro benzene ring substituents is 1. The number of carbonyl (C=O) groups is 2. The van der Waals surface area contributed by atoms with Gasteiger partial charge in [-0.3, -0.25) is 19.7 Å². The number of aliphatic hydroxyl groups excluding tert-OH is 1. The number of hydrogen-bond acceptors (Lipinski definition) is 7. The standard InChI is InChI=1S/C31H45N3O7Si/c1-20(2)9-7-10-21(3)14-16-33-26-13-12-23(34(38)39)17-25(26)31(30(33)37)22(4)29(42(5,6)40)27(41-31)18-28(36)32-15-8-11-24(32)19-35/h9,12-14,17,22,24,27,29,35,40H,7-8,10-11,15-16,18-19H2,1-6H3/b21-14+/t22-,24-,27+,29-,31+/m0/s1. The predicted octanol–water partition coefficient (Wildman–Crippen LogP) is 4.81. The van der Waals surface area contributed by atoms with Crippen LogP contribution in [-0.4, -0.2) is 71.7 Å². The van der Waals surface area contributed by atoms with Gasteiger partial charge in [0.2, 0.25) is 5.91 Å². The second-order valence-corrected chi connectivity index (χ2v) is 16.8. The van der Waals surface area contributed by atoms with Crippen molar-refractivity contribution in [3.63, 3.8) is 0 Å². The number of likely N-dealkylation sites (tertiary alicyclic amines) is 1. The van der Waals surface area contributed by atoms with Crippen molar-refractivity contribution in [2.24, 2.45) is 5.92 Å². The highest BCUT2D eigenvalue weighted by molar-refractivity contribution is 6.71. The Labute approximate surface area is 249 Å². The molecular weight excluding hydrogens is 554 g/mol. The van der Waals surface area contributed by atoms with Crippen LogP contribution in [0, 0.1) is 16.0 Å². The fourth-order valence-corrected chi connectivity index (χ4v) is 9.70. The maximum Gasteiger partial charge on any atom is 0.269 e. The van der Waals surface area contributed by atoms with Crippen LogP contribution >= 0.6 is 0 Å². The highest BCUT2D eigenvalue weighted by atomic mass is 28.4. The summed E-state index contributed by atoms with van der Waals surface area (Å²) in [5.41, 5.74) is 1.15. The van der Waals surface area contributed by atoms with Gasteiger partial charge in [0.25, 0.3) is 11.6 Å². The summed E-state index contributed by atoms with van der Waals surface area (Å²) in [6, 6.07) is 4.18. The Hall–Kier alpha value is -2.86. The summed E-state index contributed by atoms with van der Waals surface area (Å²) >= 11 is 0. The van der Waals surface area contributed by atoms with Gasteiger partial charge in [-0.25, -0.2) is 0 Å². The summed E-state index contributed by atoms with van der Waals surface area (Å²) in [4.78, 5) is 54.0. The van der Waals surface area contributed by atoms with Crippen LogP contribution in [0.25, 0.3) is 0 Å². The van der Waals surface area contributed by atoms with Gasteiger partial charge in [0, 0.05) is 42.2 Å². The molecule has 0 bridgehead atoms. The first kappa shape index (κ1) is 32.1. The van der Waals surface area contributed by atoms with Gasteiger partial charge in [-0.15, -0.1) is 0 Å². The van der Waals surface area contributed by atoms with E-state index < -0.39 is 36.4 Å². The molecule has 0 unspecified atom stereocenters. The zero-order valence-electron chi connectivity index (χ0n) is 25.6. The molecule has 3 aliphatic heterocycles. The summed E-state index contributed by atoms with van der Waals surface area (Å²) < 4.78 is 6.68. The Morgan fingerprint density at radius 1 is 1.26 bits per heavy atom. The van der Waals surface area contributed by atoms with E-state index in [0.29, 0.717) is 17.8 Å². The van der Waals surface area contributed by atoms with Crippen molar-refractivity contribution in [3.8, 4) is 0 Å². The average Bonchev–Trinajstić information content (AvgIpc) is 3.56. The molecule has 0 aliphatic carbocycles. The van der Waals surface area contributed by atoms with Gasteiger partial charge in [0.15, 0.2) is 13.9 Å². The average molecular weight is 600 g/mol. The highest BCUT2D eigenvalue weighted by Crippen LogP contribution is 2.60. The quantitative estimate of drug-likeness (QED) is 0.171. The third-order valence-electron chi connectivity index (χ3n) is 9.18. The van der Waals surface area contributed by atoms with E-state index in [1.165, 1.54) is 17.7 Å². The zero-order chi connectivity index (χ0) is 31.0. The molecule has 42 heavy (non-hydrogen) atoms. The SMILES string of the molecule is CC(C)=CCC/C(C)=C/CN1C(=O)[C@]2(O[C@H](CC(=O)N3CCC[C@H]3CO)[C@@H]([Si](C)(C)O)[C@@H]2C)c2cc([N+](=O)[O-])ccc21. The first-order valence-electron chi connectivity index (χ1n) is 14.9. The third-order valence-corrected chi connectivity index (χ3v) is 11.7. The second kappa shape index (κ2) is 12.4. The smallest absolute Gasteiger partial charge is 0.269 e. The molecule has 2 saturated heterocycles. The lowest BCUT2D eigenvalue weighted by molar-refractivity contribution is -0.385. The van der Waals surface area contributed by atoms with Crippen molar-refractivity contribution in [3.05, 3.63) is 57.2 Å². The molecular formula is C31H45N3O7Si. The molecule has 3 heterocycles. The molecule has 2 fully saturated rings. The molecule has 4 rings (SSSR count). The van der Waals surface area contributed by atoms with Crippen LogP contribution in [0.5, 0.6) is 0 Å². The van der Waals surface area contributed by atoms with E-state index >= 15 is 0 Å². The second-order valence-electron chi connectivity index (χ2n) is 12.9. The molecule has 0 saturated carbocycles.